The molecule has 37 heavy (non-hydrogen) atoms. The van der Waals surface area contributed by atoms with E-state index in [1.54, 1.807) is 13.3 Å². The predicted octanol–water partition coefficient (Wildman–Crippen LogP) is 4.74. The molecule has 3 unspecified atom stereocenters. The molecule has 1 aromatic carbocycles. The summed E-state index contributed by atoms with van der Waals surface area (Å²) in [6.07, 6.45) is 6.51. The number of ether oxygens (including phenoxy) is 1. The monoisotopic (exact) mass is 510 g/mol. The zero-order valence-electron chi connectivity index (χ0n) is 20.6. The summed E-state index contributed by atoms with van der Waals surface area (Å²) in [4.78, 5) is 11.5. The van der Waals surface area contributed by atoms with Gasteiger partial charge in [-0.3, -0.25) is 0 Å². The Morgan fingerprint density at radius 1 is 1.08 bits per heavy atom. The number of nitrogens with one attached hydrogen (secondary N) is 1. The van der Waals surface area contributed by atoms with E-state index in [1.807, 2.05) is 16.8 Å². The molecule has 2 aromatic heterocycles. The van der Waals surface area contributed by atoms with Crippen molar-refractivity contribution in [2.75, 3.05) is 30.4 Å². The lowest BCUT2D eigenvalue weighted by molar-refractivity contribution is -0.117. The topological polar surface area (TPSA) is 68.1 Å². The van der Waals surface area contributed by atoms with E-state index in [4.69, 9.17) is 14.8 Å². The van der Waals surface area contributed by atoms with Crippen molar-refractivity contribution in [1.82, 2.24) is 19.7 Å². The highest BCUT2D eigenvalue weighted by Crippen LogP contribution is 2.68. The predicted molar refractivity (Wildman–Crippen MR) is 131 cm³/mol. The van der Waals surface area contributed by atoms with Gasteiger partial charge in [0.2, 0.25) is 11.8 Å². The minimum Gasteiger partial charge on any atom is -0.481 e. The number of nitrogens with zero attached hydrogens (tertiary/aromatic N) is 5. The molecule has 1 spiro atoms. The van der Waals surface area contributed by atoms with Crippen LogP contribution in [0, 0.1) is 34.7 Å². The summed E-state index contributed by atoms with van der Waals surface area (Å²) in [5, 5.41) is 8.36. The van der Waals surface area contributed by atoms with E-state index in [-0.39, 0.29) is 11.6 Å². The molecular weight excluding hydrogens is 481 g/mol. The highest BCUT2D eigenvalue weighted by Gasteiger charge is 2.70. The van der Waals surface area contributed by atoms with Gasteiger partial charge in [-0.25, -0.2) is 22.8 Å². The summed E-state index contributed by atoms with van der Waals surface area (Å²) in [6.45, 7) is 2.64. The minimum absolute atomic E-state index is 0.141. The van der Waals surface area contributed by atoms with Crippen LogP contribution in [0.3, 0.4) is 0 Å². The van der Waals surface area contributed by atoms with E-state index < -0.39 is 23.4 Å². The molecule has 4 heterocycles. The Bertz CT molecular complexity index is 1360. The first-order valence-electron chi connectivity index (χ1n) is 13.1. The number of aryl methyl sites for hydroxylation is 1. The molecule has 2 saturated carbocycles. The van der Waals surface area contributed by atoms with Crippen LogP contribution in [0.4, 0.5) is 24.8 Å². The van der Waals surface area contributed by atoms with Crippen LogP contribution < -0.4 is 15.0 Å². The van der Waals surface area contributed by atoms with Crippen molar-refractivity contribution in [2.45, 2.75) is 50.6 Å². The van der Waals surface area contributed by atoms with Crippen molar-refractivity contribution in [2.24, 2.45) is 17.3 Å². The van der Waals surface area contributed by atoms with Gasteiger partial charge in [-0.15, -0.1) is 5.10 Å². The molecule has 3 aromatic rings. The Morgan fingerprint density at radius 3 is 2.78 bits per heavy atom. The summed E-state index contributed by atoms with van der Waals surface area (Å²) in [5.74, 6) is -1.39. The van der Waals surface area contributed by atoms with Crippen molar-refractivity contribution in [3.8, 4) is 5.88 Å². The van der Waals surface area contributed by atoms with Crippen LogP contribution in [0.5, 0.6) is 5.88 Å². The van der Waals surface area contributed by atoms with Gasteiger partial charge in [0, 0.05) is 61.0 Å². The molecule has 7 rings (SSSR count). The van der Waals surface area contributed by atoms with Crippen LogP contribution >= 0.6 is 0 Å². The number of hydrogen-bond acceptors (Lipinski definition) is 6. The number of anilines is 2. The molecule has 5 atom stereocenters. The van der Waals surface area contributed by atoms with Gasteiger partial charge in [-0.1, -0.05) is 12.5 Å². The first-order valence-corrected chi connectivity index (χ1v) is 13.1. The van der Waals surface area contributed by atoms with Crippen LogP contribution in [0.25, 0.3) is 0 Å². The molecule has 10 heteroatoms. The molecule has 1 saturated heterocycles. The second-order valence-electron chi connectivity index (χ2n) is 10.9. The SMILES string of the molecule is COc1cc(N2C[C@H]3[C@H](Nc4nc5n(n4)CCCCC5c4ccc(F)c(F)c4F)C4CCC43C2)ccn1. The first kappa shape index (κ1) is 22.9. The second kappa shape index (κ2) is 8.36. The number of halogens is 3. The van der Waals surface area contributed by atoms with Gasteiger partial charge in [-0.05, 0) is 49.1 Å². The fourth-order valence-electron chi connectivity index (χ4n) is 7.40. The van der Waals surface area contributed by atoms with Gasteiger partial charge < -0.3 is 15.0 Å². The Balaban J connectivity index is 1.14. The number of fused-ring (bicyclic) bond motifs is 1. The van der Waals surface area contributed by atoms with E-state index in [9.17, 15) is 13.2 Å². The van der Waals surface area contributed by atoms with Crippen molar-refractivity contribution >= 4 is 11.6 Å². The maximum Gasteiger partial charge on any atom is 0.242 e. The average molecular weight is 511 g/mol. The van der Waals surface area contributed by atoms with Gasteiger partial charge >= 0.3 is 0 Å². The number of hydrogen-bond donors (Lipinski definition) is 1. The highest BCUT2D eigenvalue weighted by molar-refractivity contribution is 5.52. The van der Waals surface area contributed by atoms with Gasteiger partial charge in [0.1, 0.15) is 5.82 Å². The Hall–Kier alpha value is -3.30. The van der Waals surface area contributed by atoms with E-state index in [1.165, 1.54) is 18.9 Å². The van der Waals surface area contributed by atoms with Gasteiger partial charge in [0.25, 0.3) is 0 Å². The summed E-state index contributed by atoms with van der Waals surface area (Å²) in [5.41, 5.74) is 1.59. The van der Waals surface area contributed by atoms with Crippen molar-refractivity contribution in [3.63, 3.8) is 0 Å². The second-order valence-corrected chi connectivity index (χ2v) is 10.9. The Kier molecular flexibility index (Phi) is 5.17. The Labute approximate surface area is 213 Å². The number of benzene rings is 1. The average Bonchev–Trinajstić information content (AvgIpc) is 3.43. The third-order valence-electron chi connectivity index (χ3n) is 9.32. The fraction of sp³-hybridized carbons (Fsp3) is 0.519. The lowest BCUT2D eigenvalue weighted by atomic mass is 9.41. The standard InChI is InChI=1S/C27H29F3N6O/c1-37-21-12-15(8-10-31-21)35-13-19-24(18-7-9-27(18,19)14-35)32-26-33-25-17(4-2-3-11-36(25)34-26)16-5-6-20(28)23(30)22(16)29/h5-6,8,10,12,17-19,24H,2-4,7,9,11,13-14H2,1H3,(H,32,34)/t17?,18?,19-,24+,27?/m0/s1. The van der Waals surface area contributed by atoms with Crippen molar-refractivity contribution < 1.29 is 17.9 Å². The number of methoxy groups -OCH3 is 1. The zero-order chi connectivity index (χ0) is 25.3. The normalized spacial score (nSPS) is 29.9. The Morgan fingerprint density at radius 2 is 1.97 bits per heavy atom. The zero-order valence-corrected chi connectivity index (χ0v) is 20.6. The summed E-state index contributed by atoms with van der Waals surface area (Å²) >= 11 is 0. The molecule has 2 aliphatic heterocycles. The molecule has 4 aliphatic rings. The van der Waals surface area contributed by atoms with Crippen LogP contribution in [0.1, 0.15) is 49.4 Å². The van der Waals surface area contributed by atoms with Crippen molar-refractivity contribution in [3.05, 3.63) is 59.3 Å². The van der Waals surface area contributed by atoms with Crippen molar-refractivity contribution in [1.29, 1.82) is 0 Å². The summed E-state index contributed by atoms with van der Waals surface area (Å²) in [6, 6.07) is 6.63. The third-order valence-corrected chi connectivity index (χ3v) is 9.32. The quantitative estimate of drug-likeness (QED) is 0.500. The molecule has 2 aliphatic carbocycles. The molecule has 0 bridgehead atoms. The number of pyridine rings is 1. The van der Waals surface area contributed by atoms with Crippen LogP contribution in [0.15, 0.2) is 30.5 Å². The van der Waals surface area contributed by atoms with E-state index >= 15 is 0 Å². The summed E-state index contributed by atoms with van der Waals surface area (Å²) in [7, 11) is 1.63. The minimum atomic E-state index is -1.43. The van der Waals surface area contributed by atoms with Crippen LogP contribution in [0.2, 0.25) is 0 Å². The van der Waals surface area contributed by atoms with Gasteiger partial charge in [-0.2, -0.15) is 4.98 Å². The largest absolute Gasteiger partial charge is 0.481 e. The molecule has 0 radical (unpaired) electrons. The molecule has 3 fully saturated rings. The molecule has 0 amide bonds. The number of rotatable bonds is 5. The highest BCUT2D eigenvalue weighted by atomic mass is 19.2. The smallest absolute Gasteiger partial charge is 0.242 e. The molecular formula is C27H29F3N6O. The lowest BCUT2D eigenvalue weighted by Crippen LogP contribution is -2.68. The molecule has 194 valence electrons. The van der Waals surface area contributed by atoms with E-state index in [0.29, 0.717) is 47.9 Å². The van der Waals surface area contributed by atoms with Gasteiger partial charge in [0.15, 0.2) is 17.5 Å². The fourth-order valence-corrected chi connectivity index (χ4v) is 7.40. The van der Waals surface area contributed by atoms with E-state index in [0.717, 1.165) is 37.7 Å². The maximum atomic E-state index is 14.7. The van der Waals surface area contributed by atoms with Crippen LogP contribution in [-0.4, -0.2) is 46.0 Å². The maximum absolute atomic E-state index is 14.7. The first-order chi connectivity index (χ1) is 18.0. The van der Waals surface area contributed by atoms with E-state index in [2.05, 4.69) is 15.2 Å². The molecule has 7 nitrogen and oxygen atoms in total. The summed E-state index contributed by atoms with van der Waals surface area (Å²) < 4.78 is 49.5. The van der Waals surface area contributed by atoms with Gasteiger partial charge in [0.05, 0.1) is 7.11 Å². The van der Waals surface area contributed by atoms with Crippen LogP contribution in [-0.2, 0) is 6.54 Å². The lowest BCUT2D eigenvalue weighted by Gasteiger charge is -2.65. The number of aromatic nitrogens is 4. The third kappa shape index (κ3) is 3.37. The molecule has 1 N–H and O–H groups in total.